The molecular formula is C14H20BNO3. The molecule has 0 atom stereocenters. The van der Waals surface area contributed by atoms with Gasteiger partial charge in [0.2, 0.25) is 5.88 Å². The zero-order valence-corrected chi connectivity index (χ0v) is 11.8. The van der Waals surface area contributed by atoms with E-state index in [0.717, 1.165) is 11.3 Å². The van der Waals surface area contributed by atoms with E-state index in [1.807, 2.05) is 13.8 Å². The molecule has 1 aliphatic carbocycles. The summed E-state index contributed by atoms with van der Waals surface area (Å²) < 4.78 is 17.0. The zero-order chi connectivity index (χ0) is 13.5. The van der Waals surface area contributed by atoms with E-state index in [9.17, 15) is 0 Å². The standard InChI is InChI=1S/C14H20BNO3/c1-14(2)9-18-15(19-14)11-7-12(10-5-4-6-10)13(17-3)16-8-11/h7-8,10H,4-6,9H2,1-3H3. The largest absolute Gasteiger partial charge is 0.496 e. The lowest BCUT2D eigenvalue weighted by atomic mass is 9.75. The lowest BCUT2D eigenvalue weighted by Crippen LogP contribution is -2.35. The Labute approximate surface area is 114 Å². The van der Waals surface area contributed by atoms with Gasteiger partial charge in [-0.25, -0.2) is 4.98 Å². The summed E-state index contributed by atoms with van der Waals surface area (Å²) in [6.07, 6.45) is 5.54. The van der Waals surface area contributed by atoms with Crippen LogP contribution in [0.15, 0.2) is 12.3 Å². The van der Waals surface area contributed by atoms with Gasteiger partial charge in [-0.2, -0.15) is 0 Å². The maximum absolute atomic E-state index is 5.89. The maximum Gasteiger partial charge on any atom is 0.496 e. The Hall–Kier alpha value is -1.07. The number of pyridine rings is 1. The maximum atomic E-state index is 5.89. The molecule has 1 aromatic heterocycles. The molecular weight excluding hydrogens is 241 g/mol. The SMILES string of the molecule is COc1ncc(B2OCC(C)(C)O2)cc1C1CCC1. The molecule has 0 N–H and O–H groups in total. The second-order valence-electron chi connectivity index (χ2n) is 6.02. The quantitative estimate of drug-likeness (QED) is 0.779. The minimum absolute atomic E-state index is 0.221. The highest BCUT2D eigenvalue weighted by molar-refractivity contribution is 6.61. The Morgan fingerprint density at radius 3 is 2.74 bits per heavy atom. The van der Waals surface area contributed by atoms with Crippen LogP contribution in [-0.2, 0) is 9.31 Å². The molecule has 0 radical (unpaired) electrons. The molecule has 2 heterocycles. The molecule has 2 aliphatic rings. The van der Waals surface area contributed by atoms with E-state index in [1.165, 1.54) is 24.8 Å². The first kappa shape index (κ1) is 12.9. The van der Waals surface area contributed by atoms with Crippen molar-refractivity contribution in [1.29, 1.82) is 0 Å². The molecule has 1 saturated heterocycles. The molecule has 0 amide bonds. The molecule has 102 valence electrons. The fourth-order valence-electron chi connectivity index (χ4n) is 2.60. The molecule has 2 fully saturated rings. The van der Waals surface area contributed by atoms with Crippen molar-refractivity contribution in [2.24, 2.45) is 0 Å². The Balaban J connectivity index is 1.86. The first-order valence-corrected chi connectivity index (χ1v) is 6.92. The van der Waals surface area contributed by atoms with Crippen LogP contribution in [0.25, 0.3) is 0 Å². The van der Waals surface area contributed by atoms with Crippen LogP contribution >= 0.6 is 0 Å². The van der Waals surface area contributed by atoms with Crippen molar-refractivity contribution in [3.05, 3.63) is 17.8 Å². The van der Waals surface area contributed by atoms with Crippen LogP contribution in [0.3, 0.4) is 0 Å². The van der Waals surface area contributed by atoms with Gasteiger partial charge in [0, 0.05) is 17.2 Å². The van der Waals surface area contributed by atoms with E-state index >= 15 is 0 Å². The van der Waals surface area contributed by atoms with Gasteiger partial charge in [0.1, 0.15) is 0 Å². The summed E-state index contributed by atoms with van der Waals surface area (Å²) in [6.45, 7) is 4.69. The van der Waals surface area contributed by atoms with E-state index in [1.54, 1.807) is 13.3 Å². The highest BCUT2D eigenvalue weighted by atomic mass is 16.7. The first-order valence-electron chi connectivity index (χ1n) is 6.92. The van der Waals surface area contributed by atoms with E-state index in [0.29, 0.717) is 12.5 Å². The third kappa shape index (κ3) is 2.49. The molecule has 0 unspecified atom stereocenters. The summed E-state index contributed by atoms with van der Waals surface area (Å²) in [4.78, 5) is 4.41. The number of rotatable bonds is 3. The van der Waals surface area contributed by atoms with Gasteiger partial charge in [-0.3, -0.25) is 0 Å². The molecule has 19 heavy (non-hydrogen) atoms. The average Bonchev–Trinajstić information content (AvgIpc) is 2.67. The van der Waals surface area contributed by atoms with Gasteiger partial charge in [-0.05, 0) is 32.6 Å². The molecule has 5 heteroatoms. The van der Waals surface area contributed by atoms with Gasteiger partial charge in [-0.15, -0.1) is 0 Å². The summed E-state index contributed by atoms with van der Waals surface area (Å²) in [5, 5.41) is 0. The van der Waals surface area contributed by atoms with Gasteiger partial charge in [0.25, 0.3) is 0 Å². The summed E-state index contributed by atoms with van der Waals surface area (Å²) in [6, 6.07) is 2.14. The highest BCUT2D eigenvalue weighted by Crippen LogP contribution is 2.39. The van der Waals surface area contributed by atoms with E-state index in [2.05, 4.69) is 11.1 Å². The second-order valence-corrected chi connectivity index (χ2v) is 6.02. The molecule has 0 aromatic carbocycles. The van der Waals surface area contributed by atoms with Crippen LogP contribution in [0.5, 0.6) is 5.88 Å². The monoisotopic (exact) mass is 261 g/mol. The molecule has 0 bridgehead atoms. The summed E-state index contributed by atoms with van der Waals surface area (Å²) in [7, 11) is 1.38. The van der Waals surface area contributed by atoms with Crippen LogP contribution in [0, 0.1) is 0 Å². The summed E-state index contributed by atoms with van der Waals surface area (Å²) in [5.74, 6) is 1.32. The van der Waals surface area contributed by atoms with Crippen LogP contribution in [-0.4, -0.2) is 31.4 Å². The average molecular weight is 261 g/mol. The zero-order valence-electron chi connectivity index (χ0n) is 11.8. The second kappa shape index (κ2) is 4.80. The molecule has 1 aromatic rings. The van der Waals surface area contributed by atoms with Gasteiger partial charge in [0.15, 0.2) is 0 Å². The number of ether oxygens (including phenoxy) is 1. The molecule has 3 rings (SSSR count). The Kier molecular flexibility index (Phi) is 3.27. The van der Waals surface area contributed by atoms with Gasteiger partial charge in [-0.1, -0.05) is 12.5 Å². The smallest absolute Gasteiger partial charge is 0.481 e. The Bertz CT molecular complexity index is 474. The Morgan fingerprint density at radius 2 is 2.21 bits per heavy atom. The van der Waals surface area contributed by atoms with Gasteiger partial charge >= 0.3 is 7.12 Å². The fraction of sp³-hybridized carbons (Fsp3) is 0.643. The minimum Gasteiger partial charge on any atom is -0.481 e. The fourth-order valence-corrected chi connectivity index (χ4v) is 2.60. The van der Waals surface area contributed by atoms with Crippen molar-refractivity contribution in [1.82, 2.24) is 4.98 Å². The van der Waals surface area contributed by atoms with Gasteiger partial charge in [0.05, 0.1) is 19.3 Å². The van der Waals surface area contributed by atoms with Crippen molar-refractivity contribution in [2.75, 3.05) is 13.7 Å². The molecule has 4 nitrogen and oxygen atoms in total. The summed E-state index contributed by atoms with van der Waals surface area (Å²) >= 11 is 0. The predicted molar refractivity (Wildman–Crippen MR) is 73.9 cm³/mol. The third-order valence-corrected chi connectivity index (χ3v) is 3.92. The third-order valence-electron chi connectivity index (χ3n) is 3.92. The predicted octanol–water partition coefficient (Wildman–Crippen LogP) is 1.88. The van der Waals surface area contributed by atoms with Crippen LogP contribution in [0.4, 0.5) is 0 Å². The normalized spacial score (nSPS) is 22.4. The number of aromatic nitrogens is 1. The van der Waals surface area contributed by atoms with Crippen LogP contribution in [0.2, 0.25) is 0 Å². The van der Waals surface area contributed by atoms with Crippen molar-refractivity contribution >= 4 is 12.6 Å². The van der Waals surface area contributed by atoms with E-state index in [-0.39, 0.29) is 12.7 Å². The minimum atomic E-state index is -0.299. The number of hydrogen-bond acceptors (Lipinski definition) is 4. The van der Waals surface area contributed by atoms with Crippen molar-refractivity contribution in [2.45, 2.75) is 44.6 Å². The lowest BCUT2D eigenvalue weighted by Gasteiger charge is -2.27. The number of hydrogen-bond donors (Lipinski definition) is 0. The van der Waals surface area contributed by atoms with E-state index in [4.69, 9.17) is 14.0 Å². The van der Waals surface area contributed by atoms with E-state index < -0.39 is 0 Å². The number of methoxy groups -OCH3 is 1. The van der Waals surface area contributed by atoms with Crippen molar-refractivity contribution < 1.29 is 14.0 Å². The van der Waals surface area contributed by atoms with Crippen LogP contribution in [0.1, 0.15) is 44.6 Å². The Morgan fingerprint density at radius 1 is 1.42 bits per heavy atom. The first-order chi connectivity index (χ1) is 9.09. The topological polar surface area (TPSA) is 40.6 Å². The highest BCUT2D eigenvalue weighted by Gasteiger charge is 2.39. The van der Waals surface area contributed by atoms with Crippen molar-refractivity contribution in [3.63, 3.8) is 0 Å². The molecule has 1 saturated carbocycles. The van der Waals surface area contributed by atoms with Crippen LogP contribution < -0.4 is 10.2 Å². The molecule has 1 aliphatic heterocycles. The number of nitrogens with zero attached hydrogens (tertiary/aromatic N) is 1. The summed E-state index contributed by atoms with van der Waals surface area (Å²) in [5.41, 5.74) is 1.97. The molecule has 0 spiro atoms. The lowest BCUT2D eigenvalue weighted by molar-refractivity contribution is 0.137. The van der Waals surface area contributed by atoms with Crippen molar-refractivity contribution in [3.8, 4) is 5.88 Å². The van der Waals surface area contributed by atoms with Gasteiger partial charge < -0.3 is 14.0 Å².